The monoisotopic (exact) mass is 700 g/mol. The van der Waals surface area contributed by atoms with E-state index in [4.69, 9.17) is 15.0 Å². The van der Waals surface area contributed by atoms with E-state index < -0.39 is 6.16 Å². The van der Waals surface area contributed by atoms with Crippen LogP contribution >= 0.6 is 0 Å². The third-order valence-electron chi connectivity index (χ3n) is 14.6. The molecular formula is C45H48O7-2. The van der Waals surface area contributed by atoms with Crippen molar-refractivity contribution in [2.75, 3.05) is 0 Å². The first-order valence-electron chi connectivity index (χ1n) is 19.2. The molecule has 0 saturated heterocycles. The first-order valence-corrected chi connectivity index (χ1v) is 19.2. The van der Waals surface area contributed by atoms with Crippen LogP contribution in [0.15, 0.2) is 97.1 Å². The standard InChI is InChI=1S/2C22H24O2.CH2O3/c2*23-17-8-4-15(5-9-17)22(16-6-10-18(24)11-7-16)13-14-12-21(22)20-3-1-2-19(14)20;2-1(3)4/h2*4-11,14,19-21,23-24H,1-3,12-13H2;(H2,2,3,4)/p-2. The van der Waals surface area contributed by atoms with E-state index in [1.807, 2.05) is 48.5 Å². The van der Waals surface area contributed by atoms with Gasteiger partial charge in [0.1, 0.15) is 23.0 Å². The number of phenols is 4. The van der Waals surface area contributed by atoms with Crippen LogP contribution in [0.4, 0.5) is 4.79 Å². The summed E-state index contributed by atoms with van der Waals surface area (Å²) in [7, 11) is 0. The Bertz CT molecular complexity index is 1640. The Morgan fingerprint density at radius 1 is 0.462 bits per heavy atom. The predicted octanol–water partition coefficient (Wildman–Crippen LogP) is 7.23. The zero-order valence-corrected chi connectivity index (χ0v) is 29.4. The third kappa shape index (κ3) is 5.68. The van der Waals surface area contributed by atoms with Crippen LogP contribution < -0.4 is 10.2 Å². The lowest BCUT2D eigenvalue weighted by atomic mass is 9.59. The van der Waals surface area contributed by atoms with Crippen LogP contribution in [-0.4, -0.2) is 26.6 Å². The number of aromatic hydroxyl groups is 4. The van der Waals surface area contributed by atoms with Crippen LogP contribution in [0.3, 0.4) is 0 Å². The van der Waals surface area contributed by atoms with Crippen molar-refractivity contribution in [2.45, 2.75) is 75.0 Å². The Morgan fingerprint density at radius 2 is 0.712 bits per heavy atom. The van der Waals surface area contributed by atoms with E-state index in [2.05, 4.69) is 48.5 Å². The fourth-order valence-corrected chi connectivity index (χ4v) is 13.0. The lowest BCUT2D eigenvalue weighted by Gasteiger charge is -2.44. The maximum atomic E-state index is 9.74. The van der Waals surface area contributed by atoms with E-state index in [1.54, 1.807) is 0 Å². The van der Waals surface area contributed by atoms with Crippen LogP contribution in [0.25, 0.3) is 0 Å². The van der Waals surface area contributed by atoms with Gasteiger partial charge in [-0.25, -0.2) is 0 Å². The molecule has 6 saturated carbocycles. The number of carbonyl (C=O) groups is 1. The number of benzene rings is 4. The number of hydrogen-bond donors (Lipinski definition) is 4. The van der Waals surface area contributed by atoms with E-state index in [-0.39, 0.29) is 10.8 Å². The second kappa shape index (κ2) is 13.4. The summed E-state index contributed by atoms with van der Waals surface area (Å²) in [6, 6.07) is 31.6. The van der Waals surface area contributed by atoms with Crippen molar-refractivity contribution in [2.24, 2.45) is 47.3 Å². The Hall–Kier alpha value is -4.65. The number of rotatable bonds is 4. The van der Waals surface area contributed by atoms with Gasteiger partial charge >= 0.3 is 0 Å². The van der Waals surface area contributed by atoms with Crippen molar-refractivity contribution in [3.8, 4) is 23.0 Å². The highest BCUT2D eigenvalue weighted by Crippen LogP contribution is 2.69. The highest BCUT2D eigenvalue weighted by molar-refractivity contribution is 5.49. The average molecular weight is 701 g/mol. The zero-order valence-electron chi connectivity index (χ0n) is 29.4. The highest BCUT2D eigenvalue weighted by atomic mass is 16.6. The first-order chi connectivity index (χ1) is 25.1. The molecule has 0 aromatic heterocycles. The van der Waals surface area contributed by atoms with Crippen LogP contribution in [-0.2, 0) is 10.8 Å². The van der Waals surface area contributed by atoms with Gasteiger partial charge in [-0.1, -0.05) is 61.4 Å². The van der Waals surface area contributed by atoms with Crippen molar-refractivity contribution in [1.82, 2.24) is 0 Å². The largest absolute Gasteiger partial charge is 0.652 e. The Morgan fingerprint density at radius 3 is 0.981 bits per heavy atom. The van der Waals surface area contributed by atoms with Gasteiger partial charge in [0, 0.05) is 10.8 Å². The fourth-order valence-electron chi connectivity index (χ4n) is 13.0. The molecule has 52 heavy (non-hydrogen) atoms. The van der Waals surface area contributed by atoms with Gasteiger partial charge in [-0.15, -0.1) is 0 Å². The van der Waals surface area contributed by atoms with Crippen molar-refractivity contribution in [3.63, 3.8) is 0 Å². The minimum Gasteiger partial charge on any atom is -0.652 e. The number of fused-ring (bicyclic) bond motifs is 10. The van der Waals surface area contributed by atoms with E-state index in [1.165, 1.54) is 86.5 Å². The summed E-state index contributed by atoms with van der Waals surface area (Å²) >= 11 is 0. The third-order valence-corrected chi connectivity index (χ3v) is 14.6. The van der Waals surface area contributed by atoms with E-state index in [0.717, 1.165) is 35.5 Å². The summed E-state index contributed by atoms with van der Waals surface area (Å²) in [6.45, 7) is 0. The molecule has 0 radical (unpaired) electrons. The quantitative estimate of drug-likeness (QED) is 0.176. The molecule has 6 aliphatic carbocycles. The van der Waals surface area contributed by atoms with E-state index in [9.17, 15) is 20.4 Å². The van der Waals surface area contributed by atoms with Gasteiger partial charge in [0.05, 0.1) is 0 Å². The molecule has 4 aromatic rings. The molecule has 6 fully saturated rings. The van der Waals surface area contributed by atoms with Gasteiger partial charge < -0.3 is 35.4 Å². The minimum atomic E-state index is -2.33. The van der Waals surface area contributed by atoms with Crippen molar-refractivity contribution in [3.05, 3.63) is 119 Å². The molecule has 7 nitrogen and oxygen atoms in total. The van der Waals surface area contributed by atoms with Crippen LogP contribution in [0.5, 0.6) is 23.0 Å². The number of hydrogen-bond acceptors (Lipinski definition) is 7. The maximum absolute atomic E-state index is 9.74. The van der Waals surface area contributed by atoms with E-state index >= 15 is 0 Å². The Balaban J connectivity index is 0.000000135. The van der Waals surface area contributed by atoms with Crippen molar-refractivity contribution in [1.29, 1.82) is 0 Å². The maximum Gasteiger partial charge on any atom is 0.115 e. The van der Waals surface area contributed by atoms with Gasteiger partial charge in [-0.05, 0) is 176 Å². The lowest BCUT2D eigenvalue weighted by Crippen LogP contribution is -2.40. The summed E-state index contributed by atoms with van der Waals surface area (Å²) in [4.78, 5) is 8.33. The Kier molecular flexibility index (Phi) is 8.87. The molecule has 0 amide bonds. The number of carboxylic acid groups (broad SMARTS) is 2. The summed E-state index contributed by atoms with van der Waals surface area (Å²) in [5.74, 6) is 8.00. The molecule has 0 spiro atoms. The molecule has 4 N–H and O–H groups in total. The summed E-state index contributed by atoms with van der Waals surface area (Å²) < 4.78 is 0. The molecule has 10 rings (SSSR count). The first kappa shape index (κ1) is 34.4. The Labute approximate surface area is 305 Å². The molecular weight excluding hydrogens is 652 g/mol. The smallest absolute Gasteiger partial charge is 0.115 e. The fraction of sp³-hybridized carbons (Fsp3) is 0.444. The SMILES string of the molecule is O=C([O-])[O-].Oc1ccc(C2(c3ccc(O)cc3)CC3CC2C2CCCC32)cc1.Oc1ccc(C2(c3ccc(O)cc3)CC3CC2C2CCCC32)cc1. The molecule has 8 unspecified atom stereocenters. The summed E-state index contributed by atoms with van der Waals surface area (Å²) in [5.41, 5.74) is 5.45. The van der Waals surface area contributed by atoms with Crippen LogP contribution in [0, 0.1) is 47.3 Å². The molecule has 272 valence electrons. The lowest BCUT2D eigenvalue weighted by molar-refractivity contribution is -0.415. The molecule has 7 heteroatoms. The highest BCUT2D eigenvalue weighted by Gasteiger charge is 2.63. The number of carbonyl (C=O) groups excluding carboxylic acids is 1. The molecule has 4 aromatic carbocycles. The molecule has 8 atom stereocenters. The minimum absolute atomic E-state index is 0.0531. The second-order valence-corrected chi connectivity index (χ2v) is 16.5. The predicted molar refractivity (Wildman–Crippen MR) is 193 cm³/mol. The normalized spacial score (nSPS) is 30.8. The van der Waals surface area contributed by atoms with Gasteiger partial charge in [-0.2, -0.15) is 0 Å². The van der Waals surface area contributed by atoms with Crippen LogP contribution in [0.2, 0.25) is 0 Å². The van der Waals surface area contributed by atoms with Crippen LogP contribution in [0.1, 0.15) is 86.5 Å². The van der Waals surface area contributed by atoms with Crippen molar-refractivity contribution >= 4 is 6.16 Å². The molecule has 4 bridgehead atoms. The molecule has 6 aliphatic rings. The summed E-state index contributed by atoms with van der Waals surface area (Å²) in [6.07, 6.45) is 11.2. The second-order valence-electron chi connectivity index (χ2n) is 16.5. The molecule has 0 aliphatic heterocycles. The zero-order chi connectivity index (χ0) is 36.2. The van der Waals surface area contributed by atoms with Gasteiger partial charge in [0.25, 0.3) is 0 Å². The van der Waals surface area contributed by atoms with E-state index in [0.29, 0.717) is 34.8 Å². The van der Waals surface area contributed by atoms with Crippen molar-refractivity contribution < 1.29 is 35.4 Å². The van der Waals surface area contributed by atoms with Gasteiger partial charge in [-0.3, -0.25) is 0 Å². The van der Waals surface area contributed by atoms with Gasteiger partial charge in [0.2, 0.25) is 0 Å². The molecule has 0 heterocycles. The average Bonchev–Trinajstić information content (AvgIpc) is 3.98. The topological polar surface area (TPSA) is 144 Å². The number of phenolic OH excluding ortho intramolecular Hbond substituents is 4. The van der Waals surface area contributed by atoms with Gasteiger partial charge in [0.15, 0.2) is 0 Å². The summed E-state index contributed by atoms with van der Waals surface area (Å²) in [5, 5.41) is 55.6.